The Bertz CT molecular complexity index is 203. The minimum atomic E-state index is -1.31. The van der Waals surface area contributed by atoms with E-state index >= 15 is 0 Å². The summed E-state index contributed by atoms with van der Waals surface area (Å²) < 4.78 is 0. The van der Waals surface area contributed by atoms with E-state index in [4.69, 9.17) is 20.4 Å². The molecule has 16 heavy (non-hydrogen) atoms. The van der Waals surface area contributed by atoms with Gasteiger partial charge in [0, 0.05) is 36.5 Å². The van der Waals surface area contributed by atoms with Crippen LogP contribution >= 0.6 is 0 Å². The van der Waals surface area contributed by atoms with Crippen LogP contribution in [0.25, 0.3) is 0 Å². The van der Waals surface area contributed by atoms with Crippen molar-refractivity contribution in [3.05, 3.63) is 0 Å². The molecule has 0 saturated heterocycles. The molecular formula is C6H8CuO8Zn. The molecule has 4 N–H and O–H groups in total. The molecule has 0 rings (SSSR count). The molecular weight excluding hydrogens is 329 g/mol. The van der Waals surface area contributed by atoms with Crippen LogP contribution in [0.1, 0.15) is 12.8 Å². The number of carboxylic acid groups (broad SMARTS) is 4. The Morgan fingerprint density at radius 2 is 0.750 bits per heavy atom. The van der Waals surface area contributed by atoms with Crippen LogP contribution in [0.4, 0.5) is 0 Å². The molecule has 0 aliphatic carbocycles. The van der Waals surface area contributed by atoms with Gasteiger partial charge in [-0.25, -0.2) is 0 Å². The first kappa shape index (κ1) is 24.3. The number of carbonyl (C=O) groups is 4. The number of aliphatic carboxylic acids is 4. The summed E-state index contributed by atoms with van der Waals surface area (Å²) in [6, 6.07) is 0. The molecule has 0 spiro atoms. The van der Waals surface area contributed by atoms with Gasteiger partial charge in [0.2, 0.25) is 0 Å². The van der Waals surface area contributed by atoms with Gasteiger partial charge in [-0.05, 0) is 0 Å². The maximum Gasteiger partial charge on any atom is 0.314 e. The molecule has 0 aromatic rings. The number of hydrogen-bond acceptors (Lipinski definition) is 4. The molecule has 0 aliphatic rings. The van der Waals surface area contributed by atoms with Gasteiger partial charge in [0.15, 0.2) is 0 Å². The molecule has 0 bridgehead atoms. The van der Waals surface area contributed by atoms with Gasteiger partial charge in [-0.3, -0.25) is 19.2 Å². The molecule has 1 radical (unpaired) electrons. The van der Waals surface area contributed by atoms with Crippen molar-refractivity contribution in [2.75, 3.05) is 0 Å². The van der Waals surface area contributed by atoms with E-state index in [0.717, 1.165) is 0 Å². The summed E-state index contributed by atoms with van der Waals surface area (Å²) in [5, 5.41) is 30.8. The molecule has 0 saturated carbocycles. The van der Waals surface area contributed by atoms with Crippen LogP contribution in [0, 0.1) is 0 Å². The van der Waals surface area contributed by atoms with Crippen molar-refractivity contribution >= 4 is 23.9 Å². The summed E-state index contributed by atoms with van der Waals surface area (Å²) in [6.45, 7) is 0. The Morgan fingerprint density at radius 1 is 0.625 bits per heavy atom. The smallest absolute Gasteiger partial charge is 0.314 e. The predicted molar refractivity (Wildman–Crippen MR) is 39.8 cm³/mol. The zero-order chi connectivity index (χ0) is 11.7. The molecule has 0 unspecified atom stereocenters. The molecule has 0 amide bonds. The maximum atomic E-state index is 9.43. The third-order valence-corrected chi connectivity index (χ3v) is 0.605. The minimum absolute atomic E-state index is 0. The largest absolute Gasteiger partial charge is 0.481 e. The Kier molecular flexibility index (Phi) is 21.3. The molecule has 0 aromatic carbocycles. The second-order valence-corrected chi connectivity index (χ2v) is 1.93. The van der Waals surface area contributed by atoms with Gasteiger partial charge in [0.25, 0.3) is 0 Å². The fourth-order valence-electron chi connectivity index (χ4n) is 0.259. The second-order valence-electron chi connectivity index (χ2n) is 1.93. The van der Waals surface area contributed by atoms with Gasteiger partial charge < -0.3 is 20.4 Å². The van der Waals surface area contributed by atoms with Crippen LogP contribution in [0.2, 0.25) is 0 Å². The summed E-state index contributed by atoms with van der Waals surface area (Å²) in [5.41, 5.74) is 0. The molecule has 0 aliphatic heterocycles. The number of hydrogen-bond donors (Lipinski definition) is 4. The Balaban J connectivity index is -0.0000000800. The van der Waals surface area contributed by atoms with Crippen molar-refractivity contribution in [1.82, 2.24) is 0 Å². The van der Waals surface area contributed by atoms with Crippen LogP contribution in [0.3, 0.4) is 0 Å². The average molecular weight is 337 g/mol. The third-order valence-electron chi connectivity index (χ3n) is 0.605. The van der Waals surface area contributed by atoms with Crippen LogP contribution < -0.4 is 0 Å². The minimum Gasteiger partial charge on any atom is -0.481 e. The normalized spacial score (nSPS) is 7.00. The van der Waals surface area contributed by atoms with Crippen molar-refractivity contribution in [3.63, 3.8) is 0 Å². The van der Waals surface area contributed by atoms with Gasteiger partial charge in [0.1, 0.15) is 12.8 Å². The first-order valence-electron chi connectivity index (χ1n) is 3.13. The van der Waals surface area contributed by atoms with E-state index in [0.29, 0.717) is 0 Å². The molecule has 0 fully saturated rings. The second kappa shape index (κ2) is 14.0. The molecule has 0 atom stereocenters. The van der Waals surface area contributed by atoms with Crippen molar-refractivity contribution < 1.29 is 76.2 Å². The zero-order valence-electron chi connectivity index (χ0n) is 7.84. The van der Waals surface area contributed by atoms with Crippen LogP contribution in [-0.4, -0.2) is 44.3 Å². The Labute approximate surface area is 113 Å². The standard InChI is InChI=1S/2C3H4O4.Cu.Zn/c2*4-2(5)1-3(6)7;;/h2*1H2,(H,4,5)(H,6,7);;. The summed E-state index contributed by atoms with van der Waals surface area (Å²) >= 11 is 0. The fraction of sp³-hybridized carbons (Fsp3) is 0.333. The Hall–Kier alpha value is -0.977. The first-order valence-corrected chi connectivity index (χ1v) is 3.13. The summed E-state index contributed by atoms with van der Waals surface area (Å²) in [4.78, 5) is 37.7. The molecule has 0 heterocycles. The van der Waals surface area contributed by atoms with Gasteiger partial charge >= 0.3 is 23.9 Å². The van der Waals surface area contributed by atoms with Crippen LogP contribution in [0.5, 0.6) is 0 Å². The SMILES string of the molecule is O=C(O)CC(=O)O.O=C(O)CC(=O)O.[Cu].[Zn]. The van der Waals surface area contributed by atoms with Crippen molar-refractivity contribution in [3.8, 4) is 0 Å². The maximum absolute atomic E-state index is 9.43. The van der Waals surface area contributed by atoms with Gasteiger partial charge in [0.05, 0.1) is 0 Å². The summed E-state index contributed by atoms with van der Waals surface area (Å²) in [6.07, 6.45) is -1.61. The van der Waals surface area contributed by atoms with Gasteiger partial charge in [-0.2, -0.15) is 0 Å². The number of rotatable bonds is 4. The average Bonchev–Trinajstić information content (AvgIpc) is 1.79. The van der Waals surface area contributed by atoms with E-state index in [1.807, 2.05) is 0 Å². The van der Waals surface area contributed by atoms with Crippen molar-refractivity contribution in [1.29, 1.82) is 0 Å². The van der Waals surface area contributed by atoms with E-state index in [1.165, 1.54) is 0 Å². The fourth-order valence-corrected chi connectivity index (χ4v) is 0.259. The zero-order valence-corrected chi connectivity index (χ0v) is 11.8. The first-order chi connectivity index (χ1) is 6.25. The van der Waals surface area contributed by atoms with Gasteiger partial charge in [-0.15, -0.1) is 0 Å². The third kappa shape index (κ3) is 38.2. The van der Waals surface area contributed by atoms with E-state index in [-0.39, 0.29) is 36.5 Å². The van der Waals surface area contributed by atoms with Crippen LogP contribution in [0.15, 0.2) is 0 Å². The topological polar surface area (TPSA) is 149 Å². The number of carboxylic acids is 4. The molecule has 8 nitrogen and oxygen atoms in total. The monoisotopic (exact) mass is 335 g/mol. The molecule has 93 valence electrons. The van der Waals surface area contributed by atoms with E-state index in [2.05, 4.69) is 0 Å². The van der Waals surface area contributed by atoms with Crippen molar-refractivity contribution in [2.45, 2.75) is 12.8 Å². The predicted octanol–water partition coefficient (Wildman–Crippen LogP) is -0.914. The Morgan fingerprint density at radius 3 is 0.750 bits per heavy atom. The van der Waals surface area contributed by atoms with Crippen LogP contribution in [-0.2, 0) is 55.7 Å². The molecule has 10 heteroatoms. The van der Waals surface area contributed by atoms with E-state index in [9.17, 15) is 19.2 Å². The summed E-state index contributed by atoms with van der Waals surface area (Å²) in [5.74, 6) is -5.25. The van der Waals surface area contributed by atoms with Crippen molar-refractivity contribution in [2.24, 2.45) is 0 Å². The van der Waals surface area contributed by atoms with E-state index < -0.39 is 36.7 Å². The summed E-state index contributed by atoms with van der Waals surface area (Å²) in [7, 11) is 0. The van der Waals surface area contributed by atoms with Gasteiger partial charge in [-0.1, -0.05) is 0 Å². The quantitative estimate of drug-likeness (QED) is 0.380. The van der Waals surface area contributed by atoms with E-state index in [1.54, 1.807) is 0 Å². The molecule has 0 aromatic heterocycles.